The molecule has 162 valence electrons. The van der Waals surface area contributed by atoms with Crippen LogP contribution < -0.4 is 5.32 Å². The highest BCUT2D eigenvalue weighted by molar-refractivity contribution is 7.89. The number of amides is 1. The minimum Gasteiger partial charge on any atom is -0.403 e. The second kappa shape index (κ2) is 8.96. The number of hydrogen-bond acceptors (Lipinski definition) is 6. The van der Waals surface area contributed by atoms with Gasteiger partial charge < -0.3 is 4.42 Å². The predicted octanol–water partition coefficient (Wildman–Crippen LogP) is 4.47. The second-order valence-corrected chi connectivity index (χ2v) is 9.76. The number of sulfonamides is 1. The molecule has 0 unspecified atom stereocenters. The van der Waals surface area contributed by atoms with Crippen molar-refractivity contribution in [1.29, 1.82) is 0 Å². The first-order valence-electron chi connectivity index (χ1n) is 9.55. The van der Waals surface area contributed by atoms with Gasteiger partial charge in [0, 0.05) is 23.7 Å². The van der Waals surface area contributed by atoms with Gasteiger partial charge >= 0.3 is 6.01 Å². The molecule has 1 amide bonds. The van der Waals surface area contributed by atoms with E-state index < -0.39 is 15.9 Å². The highest BCUT2D eigenvalue weighted by Gasteiger charge is 2.26. The van der Waals surface area contributed by atoms with E-state index >= 15 is 0 Å². The first-order chi connectivity index (χ1) is 14.8. The fraction of sp³-hybridized carbons (Fsp3) is 0.250. The number of nitrogens with one attached hydrogen (secondary N) is 1. The van der Waals surface area contributed by atoms with Crippen molar-refractivity contribution < 1.29 is 17.6 Å². The molecule has 4 rings (SSSR count). The van der Waals surface area contributed by atoms with E-state index in [0.717, 1.165) is 19.3 Å². The number of halogens is 2. The average molecular weight is 481 g/mol. The number of piperidine rings is 1. The first kappa shape index (κ1) is 21.8. The Hall–Kier alpha value is -2.46. The summed E-state index contributed by atoms with van der Waals surface area (Å²) >= 11 is 12.1. The minimum atomic E-state index is -3.56. The van der Waals surface area contributed by atoms with Gasteiger partial charge in [0.1, 0.15) is 0 Å². The Morgan fingerprint density at radius 3 is 2.42 bits per heavy atom. The highest BCUT2D eigenvalue weighted by atomic mass is 35.5. The molecule has 0 atom stereocenters. The van der Waals surface area contributed by atoms with Crippen LogP contribution in [0.25, 0.3) is 11.5 Å². The molecule has 3 aromatic rings. The Morgan fingerprint density at radius 1 is 1.00 bits per heavy atom. The van der Waals surface area contributed by atoms with Crippen molar-refractivity contribution in [1.82, 2.24) is 14.5 Å². The lowest BCUT2D eigenvalue weighted by molar-refractivity contribution is 0.102. The van der Waals surface area contributed by atoms with E-state index in [2.05, 4.69) is 15.5 Å². The van der Waals surface area contributed by atoms with Crippen molar-refractivity contribution in [3.63, 3.8) is 0 Å². The number of anilines is 1. The minimum absolute atomic E-state index is 0.103. The molecule has 2 aromatic carbocycles. The quantitative estimate of drug-likeness (QED) is 0.577. The lowest BCUT2D eigenvalue weighted by Gasteiger charge is -2.25. The van der Waals surface area contributed by atoms with Crippen molar-refractivity contribution in [2.24, 2.45) is 0 Å². The van der Waals surface area contributed by atoms with E-state index in [9.17, 15) is 13.2 Å². The molecule has 0 saturated carbocycles. The summed E-state index contributed by atoms with van der Waals surface area (Å²) in [4.78, 5) is 12.7. The Bertz CT molecular complexity index is 1210. The number of benzene rings is 2. The number of carbonyl (C=O) groups excluding carboxylic acids is 1. The summed E-state index contributed by atoms with van der Waals surface area (Å²) in [6, 6.07) is 10.4. The zero-order chi connectivity index (χ0) is 22.0. The summed E-state index contributed by atoms with van der Waals surface area (Å²) in [5.41, 5.74) is 0.688. The smallest absolute Gasteiger partial charge is 0.322 e. The maximum Gasteiger partial charge on any atom is 0.322 e. The fourth-order valence-corrected chi connectivity index (χ4v) is 5.13. The average Bonchev–Trinajstić information content (AvgIpc) is 3.24. The zero-order valence-corrected chi connectivity index (χ0v) is 18.5. The van der Waals surface area contributed by atoms with Gasteiger partial charge in [-0.25, -0.2) is 8.42 Å². The predicted molar refractivity (Wildman–Crippen MR) is 117 cm³/mol. The fourth-order valence-electron chi connectivity index (χ4n) is 3.25. The summed E-state index contributed by atoms with van der Waals surface area (Å²) in [5, 5.41) is 11.0. The molecule has 11 heteroatoms. The molecule has 2 heterocycles. The van der Waals surface area contributed by atoms with Crippen LogP contribution in [-0.2, 0) is 10.0 Å². The van der Waals surface area contributed by atoms with Gasteiger partial charge in [-0.1, -0.05) is 34.7 Å². The van der Waals surface area contributed by atoms with Gasteiger partial charge in [0.25, 0.3) is 11.8 Å². The monoisotopic (exact) mass is 480 g/mol. The number of nitrogens with zero attached hydrogens (tertiary/aromatic N) is 3. The van der Waals surface area contributed by atoms with Crippen molar-refractivity contribution >= 4 is 45.1 Å². The van der Waals surface area contributed by atoms with Gasteiger partial charge in [-0.15, -0.1) is 5.10 Å². The van der Waals surface area contributed by atoms with Crippen LogP contribution in [0.4, 0.5) is 6.01 Å². The maximum atomic E-state index is 12.7. The van der Waals surface area contributed by atoms with E-state index in [1.807, 2.05) is 0 Å². The van der Waals surface area contributed by atoms with Crippen LogP contribution in [0.1, 0.15) is 29.6 Å². The Morgan fingerprint density at radius 2 is 1.71 bits per heavy atom. The van der Waals surface area contributed by atoms with Crippen molar-refractivity contribution in [2.75, 3.05) is 18.4 Å². The zero-order valence-electron chi connectivity index (χ0n) is 16.2. The topological polar surface area (TPSA) is 105 Å². The molecule has 1 aromatic heterocycles. The van der Waals surface area contributed by atoms with E-state index in [1.165, 1.54) is 28.6 Å². The van der Waals surface area contributed by atoms with Crippen molar-refractivity contribution in [3.05, 3.63) is 58.1 Å². The van der Waals surface area contributed by atoms with E-state index in [4.69, 9.17) is 27.6 Å². The second-order valence-electron chi connectivity index (χ2n) is 6.98. The summed E-state index contributed by atoms with van der Waals surface area (Å²) in [6.45, 7) is 1.03. The van der Waals surface area contributed by atoms with E-state index in [1.54, 1.807) is 18.2 Å². The van der Waals surface area contributed by atoms with Crippen LogP contribution in [-0.4, -0.2) is 41.9 Å². The number of hydrogen-bond donors (Lipinski definition) is 1. The molecule has 0 spiro atoms. The molecule has 1 aliphatic rings. The molecule has 1 N–H and O–H groups in total. The van der Waals surface area contributed by atoms with Crippen LogP contribution in [0.15, 0.2) is 51.8 Å². The first-order valence-corrected chi connectivity index (χ1v) is 11.7. The summed E-state index contributed by atoms with van der Waals surface area (Å²) < 4.78 is 32.4. The van der Waals surface area contributed by atoms with Gasteiger partial charge in [-0.05, 0) is 55.3 Å². The van der Waals surface area contributed by atoms with Crippen LogP contribution in [0, 0.1) is 0 Å². The normalized spacial score (nSPS) is 15.0. The lowest BCUT2D eigenvalue weighted by atomic mass is 10.2. The summed E-state index contributed by atoms with van der Waals surface area (Å²) in [6.07, 6.45) is 2.74. The van der Waals surface area contributed by atoms with Gasteiger partial charge in [0.2, 0.25) is 10.0 Å². The van der Waals surface area contributed by atoms with Gasteiger partial charge in [0.15, 0.2) is 0 Å². The molecule has 1 aliphatic heterocycles. The van der Waals surface area contributed by atoms with Gasteiger partial charge in [-0.3, -0.25) is 10.1 Å². The molecule has 0 aliphatic carbocycles. The van der Waals surface area contributed by atoms with Crippen LogP contribution in [0.3, 0.4) is 0 Å². The Labute approximate surface area is 189 Å². The third-order valence-electron chi connectivity index (χ3n) is 4.87. The molecular formula is C20H18Cl2N4O4S. The van der Waals surface area contributed by atoms with Crippen LogP contribution in [0.2, 0.25) is 10.0 Å². The standard InChI is InChI=1S/C20H18Cl2N4O4S/c21-14-6-9-17(22)16(12-14)19-24-25-20(30-19)23-18(27)13-4-7-15(8-5-13)31(28,29)26-10-2-1-3-11-26/h4-9,12H,1-3,10-11H2,(H,23,25,27). The largest absolute Gasteiger partial charge is 0.403 e. The molecule has 8 nitrogen and oxygen atoms in total. The van der Waals surface area contributed by atoms with E-state index in [0.29, 0.717) is 28.7 Å². The van der Waals surface area contributed by atoms with E-state index in [-0.39, 0.29) is 22.4 Å². The molecular weight excluding hydrogens is 463 g/mol. The molecule has 1 fully saturated rings. The summed E-state index contributed by atoms with van der Waals surface area (Å²) in [5.74, 6) is -0.417. The van der Waals surface area contributed by atoms with Crippen molar-refractivity contribution in [2.45, 2.75) is 24.2 Å². The number of aromatic nitrogens is 2. The maximum absolute atomic E-state index is 12.7. The van der Waals surface area contributed by atoms with Gasteiger partial charge in [0.05, 0.1) is 15.5 Å². The molecule has 31 heavy (non-hydrogen) atoms. The Kier molecular flexibility index (Phi) is 6.29. The highest BCUT2D eigenvalue weighted by Crippen LogP contribution is 2.30. The lowest BCUT2D eigenvalue weighted by Crippen LogP contribution is -2.35. The van der Waals surface area contributed by atoms with Crippen LogP contribution >= 0.6 is 23.2 Å². The third-order valence-corrected chi connectivity index (χ3v) is 7.35. The third kappa shape index (κ3) is 4.74. The Balaban J connectivity index is 1.47. The van der Waals surface area contributed by atoms with Crippen LogP contribution in [0.5, 0.6) is 0 Å². The summed E-state index contributed by atoms with van der Waals surface area (Å²) in [7, 11) is -3.56. The number of rotatable bonds is 5. The molecule has 0 radical (unpaired) electrons. The SMILES string of the molecule is O=C(Nc1nnc(-c2cc(Cl)ccc2Cl)o1)c1ccc(S(=O)(=O)N2CCCCC2)cc1. The number of carbonyl (C=O) groups is 1. The molecule has 0 bridgehead atoms. The molecule has 1 saturated heterocycles. The van der Waals surface area contributed by atoms with Gasteiger partial charge in [-0.2, -0.15) is 4.31 Å². The van der Waals surface area contributed by atoms with Crippen molar-refractivity contribution in [3.8, 4) is 11.5 Å².